The SMILES string of the molecule is COc1ccc(C(=O)NNC(=O)CCCOCCc2ccccc2)cc1OC. The topological polar surface area (TPSA) is 85.9 Å². The Bertz CT molecular complexity index is 765. The maximum atomic E-state index is 12.1. The van der Waals surface area contributed by atoms with E-state index in [1.165, 1.54) is 19.8 Å². The summed E-state index contributed by atoms with van der Waals surface area (Å²) in [6.45, 7) is 1.10. The van der Waals surface area contributed by atoms with Gasteiger partial charge in [-0.1, -0.05) is 30.3 Å². The van der Waals surface area contributed by atoms with Gasteiger partial charge in [0.05, 0.1) is 20.8 Å². The Morgan fingerprint density at radius 3 is 2.36 bits per heavy atom. The third-order valence-electron chi connectivity index (χ3n) is 4.03. The lowest BCUT2D eigenvalue weighted by molar-refractivity contribution is -0.122. The van der Waals surface area contributed by atoms with Crippen LogP contribution in [0.15, 0.2) is 48.5 Å². The Morgan fingerprint density at radius 1 is 0.893 bits per heavy atom. The maximum Gasteiger partial charge on any atom is 0.269 e. The molecule has 2 amide bonds. The summed E-state index contributed by atoms with van der Waals surface area (Å²) in [6, 6.07) is 14.8. The van der Waals surface area contributed by atoms with E-state index < -0.39 is 5.91 Å². The van der Waals surface area contributed by atoms with Crippen LogP contribution in [0.2, 0.25) is 0 Å². The van der Waals surface area contributed by atoms with Crippen molar-refractivity contribution in [2.75, 3.05) is 27.4 Å². The minimum atomic E-state index is -0.437. The van der Waals surface area contributed by atoms with E-state index in [1.807, 2.05) is 18.2 Å². The first kappa shape index (κ1) is 21.2. The molecule has 2 rings (SSSR count). The summed E-state index contributed by atoms with van der Waals surface area (Å²) >= 11 is 0. The lowest BCUT2D eigenvalue weighted by Crippen LogP contribution is -2.41. The molecule has 0 bridgehead atoms. The molecule has 0 radical (unpaired) electrons. The van der Waals surface area contributed by atoms with E-state index in [0.29, 0.717) is 36.7 Å². The van der Waals surface area contributed by atoms with Gasteiger partial charge in [-0.25, -0.2) is 0 Å². The molecule has 0 unspecified atom stereocenters. The van der Waals surface area contributed by atoms with E-state index >= 15 is 0 Å². The second-order valence-corrected chi connectivity index (χ2v) is 6.02. The zero-order valence-corrected chi connectivity index (χ0v) is 16.2. The van der Waals surface area contributed by atoms with Gasteiger partial charge in [-0.2, -0.15) is 0 Å². The van der Waals surface area contributed by atoms with Gasteiger partial charge >= 0.3 is 0 Å². The van der Waals surface area contributed by atoms with Crippen LogP contribution in [0.3, 0.4) is 0 Å². The first-order valence-electron chi connectivity index (χ1n) is 9.07. The molecule has 7 heteroatoms. The zero-order valence-electron chi connectivity index (χ0n) is 16.2. The number of ether oxygens (including phenoxy) is 3. The number of rotatable bonds is 10. The van der Waals surface area contributed by atoms with Gasteiger partial charge in [0.25, 0.3) is 5.91 Å². The van der Waals surface area contributed by atoms with Crippen LogP contribution in [0, 0.1) is 0 Å². The van der Waals surface area contributed by atoms with E-state index in [-0.39, 0.29) is 12.3 Å². The molecular formula is C21H26N2O5. The van der Waals surface area contributed by atoms with Crippen molar-refractivity contribution < 1.29 is 23.8 Å². The van der Waals surface area contributed by atoms with Crippen molar-refractivity contribution in [2.24, 2.45) is 0 Å². The minimum absolute atomic E-state index is 0.261. The van der Waals surface area contributed by atoms with Gasteiger partial charge in [0.1, 0.15) is 0 Å². The van der Waals surface area contributed by atoms with Gasteiger partial charge in [-0.3, -0.25) is 20.4 Å². The molecule has 7 nitrogen and oxygen atoms in total. The molecule has 150 valence electrons. The highest BCUT2D eigenvalue weighted by Crippen LogP contribution is 2.27. The van der Waals surface area contributed by atoms with Crippen molar-refractivity contribution in [3.05, 3.63) is 59.7 Å². The molecule has 0 aliphatic carbocycles. The molecule has 0 aliphatic rings. The number of carbonyl (C=O) groups is 2. The van der Waals surface area contributed by atoms with Crippen LogP contribution in [0.25, 0.3) is 0 Å². The molecule has 0 aromatic heterocycles. The minimum Gasteiger partial charge on any atom is -0.493 e. The summed E-state index contributed by atoms with van der Waals surface area (Å²) < 4.78 is 15.8. The van der Waals surface area contributed by atoms with Gasteiger partial charge in [-0.05, 0) is 36.6 Å². The largest absolute Gasteiger partial charge is 0.493 e. The second kappa shape index (κ2) is 11.6. The lowest BCUT2D eigenvalue weighted by Gasteiger charge is -2.11. The molecule has 0 fully saturated rings. The molecule has 0 heterocycles. The van der Waals surface area contributed by atoms with Crippen molar-refractivity contribution in [2.45, 2.75) is 19.3 Å². The first-order chi connectivity index (χ1) is 13.6. The fraction of sp³-hybridized carbons (Fsp3) is 0.333. The Labute approximate surface area is 165 Å². The van der Waals surface area contributed by atoms with Crippen LogP contribution in [0.4, 0.5) is 0 Å². The normalized spacial score (nSPS) is 10.2. The summed E-state index contributed by atoms with van der Waals surface area (Å²) in [4.78, 5) is 24.0. The smallest absolute Gasteiger partial charge is 0.269 e. The van der Waals surface area contributed by atoms with E-state index in [4.69, 9.17) is 14.2 Å². The number of nitrogens with one attached hydrogen (secondary N) is 2. The Balaban J connectivity index is 1.62. The summed E-state index contributed by atoms with van der Waals surface area (Å²) in [5, 5.41) is 0. The summed E-state index contributed by atoms with van der Waals surface area (Å²) in [7, 11) is 3.01. The maximum absolute atomic E-state index is 12.1. The van der Waals surface area contributed by atoms with Gasteiger partial charge in [0, 0.05) is 18.6 Å². The van der Waals surface area contributed by atoms with Gasteiger partial charge in [0.2, 0.25) is 5.91 Å². The van der Waals surface area contributed by atoms with E-state index in [1.54, 1.807) is 18.2 Å². The van der Waals surface area contributed by atoms with Crippen LogP contribution >= 0.6 is 0 Å². The number of hydrogen-bond donors (Lipinski definition) is 2. The molecule has 0 aliphatic heterocycles. The van der Waals surface area contributed by atoms with E-state index in [0.717, 1.165) is 6.42 Å². The quantitative estimate of drug-likeness (QED) is 0.484. The Hall–Kier alpha value is -3.06. The predicted octanol–water partition coefficient (Wildman–Crippen LogP) is 2.50. The van der Waals surface area contributed by atoms with Crippen LogP contribution in [0.5, 0.6) is 11.5 Å². The molecule has 0 saturated carbocycles. The van der Waals surface area contributed by atoms with Crippen LogP contribution in [-0.4, -0.2) is 39.2 Å². The van der Waals surface area contributed by atoms with Crippen molar-refractivity contribution in [1.29, 1.82) is 0 Å². The van der Waals surface area contributed by atoms with Gasteiger partial charge in [0.15, 0.2) is 11.5 Å². The zero-order chi connectivity index (χ0) is 20.2. The number of carbonyl (C=O) groups excluding carboxylic acids is 2. The van der Waals surface area contributed by atoms with Crippen molar-refractivity contribution in [1.82, 2.24) is 10.9 Å². The van der Waals surface area contributed by atoms with Crippen LogP contribution in [0.1, 0.15) is 28.8 Å². The fourth-order valence-electron chi connectivity index (χ4n) is 2.51. The Kier molecular flexibility index (Phi) is 8.81. The summed E-state index contributed by atoms with van der Waals surface area (Å²) in [5.74, 6) is 0.248. The summed E-state index contributed by atoms with van der Waals surface area (Å²) in [5.41, 5.74) is 6.35. The predicted molar refractivity (Wildman–Crippen MR) is 105 cm³/mol. The lowest BCUT2D eigenvalue weighted by atomic mass is 10.2. The third-order valence-corrected chi connectivity index (χ3v) is 4.03. The van der Waals surface area contributed by atoms with Crippen LogP contribution < -0.4 is 20.3 Å². The molecule has 0 saturated heterocycles. The highest BCUT2D eigenvalue weighted by molar-refractivity contribution is 5.96. The average molecular weight is 386 g/mol. The van der Waals surface area contributed by atoms with Gasteiger partial charge in [-0.15, -0.1) is 0 Å². The van der Waals surface area contributed by atoms with Crippen molar-refractivity contribution >= 4 is 11.8 Å². The number of hydrazine groups is 1. The van der Waals surface area contributed by atoms with Crippen molar-refractivity contribution in [3.8, 4) is 11.5 Å². The molecule has 2 N–H and O–H groups in total. The number of methoxy groups -OCH3 is 2. The van der Waals surface area contributed by atoms with Crippen LogP contribution in [-0.2, 0) is 16.0 Å². The molecule has 28 heavy (non-hydrogen) atoms. The Morgan fingerprint density at radius 2 is 1.64 bits per heavy atom. The standard InChI is InChI=1S/C21H26N2O5/c1-26-18-11-10-17(15-19(18)27-2)21(25)23-22-20(24)9-6-13-28-14-12-16-7-4-3-5-8-16/h3-5,7-8,10-11,15H,6,9,12-14H2,1-2H3,(H,22,24)(H,23,25). The molecular weight excluding hydrogens is 360 g/mol. The monoisotopic (exact) mass is 386 g/mol. The highest BCUT2D eigenvalue weighted by Gasteiger charge is 2.11. The number of benzene rings is 2. The van der Waals surface area contributed by atoms with Gasteiger partial charge < -0.3 is 14.2 Å². The van der Waals surface area contributed by atoms with E-state index in [2.05, 4.69) is 23.0 Å². The molecule has 2 aromatic rings. The first-order valence-corrected chi connectivity index (χ1v) is 9.07. The average Bonchev–Trinajstić information content (AvgIpc) is 2.74. The molecule has 0 atom stereocenters. The van der Waals surface area contributed by atoms with Crippen molar-refractivity contribution in [3.63, 3.8) is 0 Å². The van der Waals surface area contributed by atoms with E-state index in [9.17, 15) is 9.59 Å². The highest BCUT2D eigenvalue weighted by atomic mass is 16.5. The molecule has 0 spiro atoms. The number of amides is 2. The summed E-state index contributed by atoms with van der Waals surface area (Å²) in [6.07, 6.45) is 1.68. The molecule has 2 aromatic carbocycles. The fourth-order valence-corrected chi connectivity index (χ4v) is 2.51. The second-order valence-electron chi connectivity index (χ2n) is 6.02. The third kappa shape index (κ3) is 6.92. The number of hydrogen-bond acceptors (Lipinski definition) is 5.